The third-order valence-electron chi connectivity index (χ3n) is 4.16. The molecule has 2 atom stereocenters. The van der Waals surface area contributed by atoms with Crippen LogP contribution >= 0.6 is 0 Å². The molecule has 1 heterocycles. The van der Waals surface area contributed by atoms with Gasteiger partial charge in [-0.05, 0) is 43.4 Å². The Hall–Kier alpha value is -1.61. The molecule has 0 radical (unpaired) electrons. The highest BCUT2D eigenvalue weighted by atomic mass is 16.4. The van der Waals surface area contributed by atoms with Crippen molar-refractivity contribution in [3.63, 3.8) is 0 Å². The number of carbonyl (C=O) groups is 1. The summed E-state index contributed by atoms with van der Waals surface area (Å²) < 4.78 is 0. The highest BCUT2D eigenvalue weighted by molar-refractivity contribution is 5.85. The molecule has 20 heavy (non-hydrogen) atoms. The molecule has 1 aromatic carbocycles. The van der Waals surface area contributed by atoms with Gasteiger partial charge in [-0.2, -0.15) is 0 Å². The van der Waals surface area contributed by atoms with E-state index in [4.69, 9.17) is 5.11 Å². The molecule has 3 nitrogen and oxygen atoms in total. The fourth-order valence-electron chi connectivity index (χ4n) is 3.02. The van der Waals surface area contributed by atoms with Crippen molar-refractivity contribution in [3.05, 3.63) is 41.5 Å². The molecule has 2 unspecified atom stereocenters. The van der Waals surface area contributed by atoms with E-state index in [0.29, 0.717) is 12.1 Å². The van der Waals surface area contributed by atoms with E-state index in [-0.39, 0.29) is 0 Å². The third-order valence-corrected chi connectivity index (χ3v) is 4.16. The summed E-state index contributed by atoms with van der Waals surface area (Å²) in [6.07, 6.45) is 6.60. The summed E-state index contributed by atoms with van der Waals surface area (Å²) in [5.74, 6) is -0.908. The summed E-state index contributed by atoms with van der Waals surface area (Å²) >= 11 is 0. The van der Waals surface area contributed by atoms with Gasteiger partial charge in [0, 0.05) is 24.7 Å². The summed E-state index contributed by atoms with van der Waals surface area (Å²) in [5, 5.41) is 8.68. The molecule has 108 valence electrons. The average molecular weight is 273 g/mol. The SMILES string of the molecule is CCC1CCC(C)N1Cc1cccc(/C=C/C(=O)O)c1. The predicted molar refractivity (Wildman–Crippen MR) is 81.4 cm³/mol. The van der Waals surface area contributed by atoms with Crippen LogP contribution in [-0.4, -0.2) is 28.1 Å². The van der Waals surface area contributed by atoms with Crippen LogP contribution in [0.5, 0.6) is 0 Å². The van der Waals surface area contributed by atoms with Crippen molar-refractivity contribution in [2.24, 2.45) is 0 Å². The lowest BCUT2D eigenvalue weighted by Crippen LogP contribution is -2.33. The summed E-state index contributed by atoms with van der Waals surface area (Å²) in [6.45, 7) is 5.50. The number of rotatable bonds is 5. The van der Waals surface area contributed by atoms with E-state index in [9.17, 15) is 4.79 Å². The average Bonchev–Trinajstić information content (AvgIpc) is 2.78. The van der Waals surface area contributed by atoms with E-state index in [1.165, 1.54) is 30.9 Å². The Bertz CT molecular complexity index is 496. The van der Waals surface area contributed by atoms with E-state index in [0.717, 1.165) is 12.1 Å². The first kappa shape index (κ1) is 14.8. The molecule has 1 aromatic rings. The predicted octanol–water partition coefficient (Wildman–Crippen LogP) is 3.55. The molecule has 1 fully saturated rings. The number of aliphatic carboxylic acids is 1. The quantitative estimate of drug-likeness (QED) is 0.834. The number of carboxylic acids is 1. The van der Waals surface area contributed by atoms with Gasteiger partial charge in [-0.1, -0.05) is 31.2 Å². The molecule has 0 aliphatic carbocycles. The van der Waals surface area contributed by atoms with Crippen LogP contribution in [0, 0.1) is 0 Å². The van der Waals surface area contributed by atoms with Crippen molar-refractivity contribution in [1.29, 1.82) is 0 Å². The third kappa shape index (κ3) is 3.70. The monoisotopic (exact) mass is 273 g/mol. The highest BCUT2D eigenvalue weighted by Gasteiger charge is 2.28. The summed E-state index contributed by atoms with van der Waals surface area (Å²) in [4.78, 5) is 13.1. The van der Waals surface area contributed by atoms with Gasteiger partial charge in [0.2, 0.25) is 0 Å². The maximum Gasteiger partial charge on any atom is 0.328 e. The topological polar surface area (TPSA) is 40.5 Å². The number of nitrogens with zero attached hydrogens (tertiary/aromatic N) is 1. The Morgan fingerprint density at radius 1 is 1.45 bits per heavy atom. The molecule has 2 rings (SSSR count). The molecule has 0 saturated carbocycles. The molecule has 1 N–H and O–H groups in total. The van der Waals surface area contributed by atoms with Crippen LogP contribution in [-0.2, 0) is 11.3 Å². The van der Waals surface area contributed by atoms with Crippen LogP contribution in [0.25, 0.3) is 6.08 Å². The van der Waals surface area contributed by atoms with E-state index in [1.807, 2.05) is 12.1 Å². The van der Waals surface area contributed by atoms with Crippen molar-refractivity contribution in [2.45, 2.75) is 51.7 Å². The Labute approximate surface area is 120 Å². The Morgan fingerprint density at radius 3 is 2.95 bits per heavy atom. The zero-order valence-electron chi connectivity index (χ0n) is 12.2. The summed E-state index contributed by atoms with van der Waals surface area (Å²) in [5.41, 5.74) is 2.20. The lowest BCUT2D eigenvalue weighted by atomic mass is 10.1. The van der Waals surface area contributed by atoms with Crippen LogP contribution in [0.3, 0.4) is 0 Å². The minimum Gasteiger partial charge on any atom is -0.478 e. The number of carboxylic acid groups (broad SMARTS) is 1. The lowest BCUT2D eigenvalue weighted by molar-refractivity contribution is -0.131. The van der Waals surface area contributed by atoms with Crippen molar-refractivity contribution in [3.8, 4) is 0 Å². The second kappa shape index (κ2) is 6.71. The van der Waals surface area contributed by atoms with Crippen LogP contribution in [0.2, 0.25) is 0 Å². The van der Waals surface area contributed by atoms with Gasteiger partial charge in [0.05, 0.1) is 0 Å². The first-order valence-corrected chi connectivity index (χ1v) is 7.36. The number of hydrogen-bond acceptors (Lipinski definition) is 2. The molecular formula is C17H23NO2. The second-order valence-electron chi connectivity index (χ2n) is 5.58. The summed E-state index contributed by atoms with van der Waals surface area (Å²) in [6, 6.07) is 9.46. The van der Waals surface area contributed by atoms with Gasteiger partial charge >= 0.3 is 5.97 Å². The zero-order chi connectivity index (χ0) is 14.5. The first-order valence-electron chi connectivity index (χ1n) is 7.36. The standard InChI is InChI=1S/C17H23NO2/c1-3-16-9-7-13(2)18(16)12-15-6-4-5-14(11-15)8-10-17(19)20/h4-6,8,10-11,13,16H,3,7,9,12H2,1-2H3,(H,19,20)/b10-8+. The van der Waals surface area contributed by atoms with Gasteiger partial charge < -0.3 is 5.11 Å². The van der Waals surface area contributed by atoms with Crippen molar-refractivity contribution in [2.75, 3.05) is 0 Å². The Kier molecular flexibility index (Phi) is 4.96. The van der Waals surface area contributed by atoms with Crippen molar-refractivity contribution in [1.82, 2.24) is 4.90 Å². The summed E-state index contributed by atoms with van der Waals surface area (Å²) in [7, 11) is 0. The lowest BCUT2D eigenvalue weighted by Gasteiger charge is -2.27. The highest BCUT2D eigenvalue weighted by Crippen LogP contribution is 2.27. The number of benzene rings is 1. The van der Waals surface area contributed by atoms with E-state index in [2.05, 4.69) is 30.9 Å². The Morgan fingerprint density at radius 2 is 2.25 bits per heavy atom. The van der Waals surface area contributed by atoms with E-state index in [1.54, 1.807) is 6.08 Å². The minimum atomic E-state index is -0.908. The van der Waals surface area contributed by atoms with Crippen LogP contribution < -0.4 is 0 Å². The maximum absolute atomic E-state index is 10.6. The minimum absolute atomic E-state index is 0.637. The van der Waals surface area contributed by atoms with Crippen molar-refractivity contribution < 1.29 is 9.90 Å². The normalized spacial score (nSPS) is 23.5. The van der Waals surface area contributed by atoms with Crippen LogP contribution in [0.15, 0.2) is 30.3 Å². The van der Waals surface area contributed by atoms with Gasteiger partial charge in [-0.3, -0.25) is 4.90 Å². The van der Waals surface area contributed by atoms with Gasteiger partial charge in [-0.25, -0.2) is 4.79 Å². The molecule has 0 bridgehead atoms. The number of hydrogen-bond donors (Lipinski definition) is 1. The van der Waals surface area contributed by atoms with Gasteiger partial charge in [-0.15, -0.1) is 0 Å². The molecule has 3 heteroatoms. The van der Waals surface area contributed by atoms with Gasteiger partial charge in [0.25, 0.3) is 0 Å². The van der Waals surface area contributed by atoms with E-state index < -0.39 is 5.97 Å². The molecular weight excluding hydrogens is 250 g/mol. The molecule has 1 aliphatic rings. The van der Waals surface area contributed by atoms with Crippen molar-refractivity contribution >= 4 is 12.0 Å². The van der Waals surface area contributed by atoms with Crippen LogP contribution in [0.4, 0.5) is 0 Å². The first-order chi connectivity index (χ1) is 9.60. The Balaban J connectivity index is 2.09. The van der Waals surface area contributed by atoms with Crippen LogP contribution in [0.1, 0.15) is 44.2 Å². The maximum atomic E-state index is 10.6. The van der Waals surface area contributed by atoms with E-state index >= 15 is 0 Å². The molecule has 0 amide bonds. The fraction of sp³-hybridized carbons (Fsp3) is 0.471. The number of likely N-dealkylation sites (tertiary alicyclic amines) is 1. The molecule has 0 aromatic heterocycles. The second-order valence-corrected chi connectivity index (χ2v) is 5.58. The molecule has 0 spiro atoms. The fourth-order valence-corrected chi connectivity index (χ4v) is 3.02. The molecule has 1 aliphatic heterocycles. The van der Waals surface area contributed by atoms with Gasteiger partial charge in [0.15, 0.2) is 0 Å². The largest absolute Gasteiger partial charge is 0.478 e. The van der Waals surface area contributed by atoms with Gasteiger partial charge in [0.1, 0.15) is 0 Å². The molecule has 1 saturated heterocycles. The zero-order valence-corrected chi connectivity index (χ0v) is 12.2. The smallest absolute Gasteiger partial charge is 0.328 e.